The van der Waals surface area contributed by atoms with Crippen LogP contribution < -0.4 is 9.47 Å². The summed E-state index contributed by atoms with van der Waals surface area (Å²) in [7, 11) is 2.23. The van der Waals surface area contributed by atoms with Crippen molar-refractivity contribution >= 4 is 5.97 Å². The molecule has 0 aliphatic rings. The SMILES string of the molecule is COC(=O)c1c(OC)cc(C)nc1OC(F)(F)F. The first kappa shape index (κ1) is 14.1. The van der Waals surface area contributed by atoms with Gasteiger partial charge in [0.2, 0.25) is 5.88 Å². The van der Waals surface area contributed by atoms with Gasteiger partial charge in [0.25, 0.3) is 0 Å². The molecule has 1 aromatic rings. The first-order chi connectivity index (χ1) is 8.28. The molecule has 0 aromatic carbocycles. The lowest BCUT2D eigenvalue weighted by molar-refractivity contribution is -0.276. The molecule has 0 bridgehead atoms. The highest BCUT2D eigenvalue weighted by molar-refractivity contribution is 5.95. The van der Waals surface area contributed by atoms with E-state index in [1.54, 1.807) is 0 Å². The number of carbonyl (C=O) groups is 1. The van der Waals surface area contributed by atoms with Crippen LogP contribution in [0.3, 0.4) is 0 Å². The van der Waals surface area contributed by atoms with E-state index < -0.39 is 23.8 Å². The van der Waals surface area contributed by atoms with Gasteiger partial charge in [-0.1, -0.05) is 0 Å². The molecule has 0 radical (unpaired) electrons. The summed E-state index contributed by atoms with van der Waals surface area (Å²) in [5.41, 5.74) is -0.304. The molecule has 0 amide bonds. The van der Waals surface area contributed by atoms with E-state index in [1.165, 1.54) is 20.1 Å². The maximum atomic E-state index is 12.2. The third kappa shape index (κ3) is 3.25. The van der Waals surface area contributed by atoms with E-state index in [-0.39, 0.29) is 11.4 Å². The molecule has 100 valence electrons. The number of rotatable bonds is 3. The molecule has 1 rings (SSSR count). The number of esters is 1. The minimum Gasteiger partial charge on any atom is -0.496 e. The highest BCUT2D eigenvalue weighted by Crippen LogP contribution is 2.32. The summed E-state index contributed by atoms with van der Waals surface area (Å²) >= 11 is 0. The highest BCUT2D eigenvalue weighted by atomic mass is 19.4. The molecule has 0 saturated heterocycles. The standard InChI is InChI=1S/C10H10F3NO4/c1-5-4-6(16-2)7(9(15)17-3)8(14-5)18-10(11,12)13/h4H,1-3H3. The Hall–Kier alpha value is -1.99. The monoisotopic (exact) mass is 265 g/mol. The van der Waals surface area contributed by atoms with Crippen LogP contribution in [0.2, 0.25) is 0 Å². The van der Waals surface area contributed by atoms with Gasteiger partial charge in [-0.05, 0) is 6.92 Å². The Bertz CT molecular complexity index is 459. The van der Waals surface area contributed by atoms with Crippen LogP contribution in [0.5, 0.6) is 11.6 Å². The molecule has 1 heterocycles. The fourth-order valence-corrected chi connectivity index (χ4v) is 1.25. The van der Waals surface area contributed by atoms with Gasteiger partial charge in [-0.15, -0.1) is 13.2 Å². The van der Waals surface area contributed by atoms with Gasteiger partial charge in [-0.2, -0.15) is 0 Å². The number of pyridine rings is 1. The van der Waals surface area contributed by atoms with Gasteiger partial charge in [-0.25, -0.2) is 9.78 Å². The van der Waals surface area contributed by atoms with Crippen molar-refractivity contribution in [1.82, 2.24) is 4.98 Å². The maximum absolute atomic E-state index is 12.2. The second-order valence-electron chi connectivity index (χ2n) is 3.19. The number of hydrogen-bond donors (Lipinski definition) is 0. The Kier molecular flexibility index (Phi) is 4.00. The molecular weight excluding hydrogens is 255 g/mol. The van der Waals surface area contributed by atoms with Crippen LogP contribution in [0.4, 0.5) is 13.2 Å². The topological polar surface area (TPSA) is 57.7 Å². The lowest BCUT2D eigenvalue weighted by Crippen LogP contribution is -2.21. The fraction of sp³-hybridized carbons (Fsp3) is 0.400. The summed E-state index contributed by atoms with van der Waals surface area (Å²) in [5.74, 6) is -2.03. The molecule has 1 aromatic heterocycles. The zero-order chi connectivity index (χ0) is 13.9. The van der Waals surface area contributed by atoms with Crippen molar-refractivity contribution in [2.75, 3.05) is 14.2 Å². The van der Waals surface area contributed by atoms with Crippen molar-refractivity contribution in [2.24, 2.45) is 0 Å². The third-order valence-electron chi connectivity index (χ3n) is 1.90. The zero-order valence-corrected chi connectivity index (χ0v) is 9.79. The van der Waals surface area contributed by atoms with Gasteiger partial charge in [0.15, 0.2) is 5.56 Å². The Morgan fingerprint density at radius 1 is 1.33 bits per heavy atom. The summed E-state index contributed by atoms with van der Waals surface area (Å²) < 4.78 is 49.5. The van der Waals surface area contributed by atoms with Crippen LogP contribution in [-0.2, 0) is 4.74 Å². The minimum atomic E-state index is -4.96. The van der Waals surface area contributed by atoms with Gasteiger partial charge in [0.05, 0.1) is 14.2 Å². The summed E-state index contributed by atoms with van der Waals surface area (Å²) in [6.45, 7) is 1.44. The molecule has 0 N–H and O–H groups in total. The largest absolute Gasteiger partial charge is 0.574 e. The lowest BCUT2D eigenvalue weighted by atomic mass is 10.2. The third-order valence-corrected chi connectivity index (χ3v) is 1.90. The number of methoxy groups -OCH3 is 2. The molecule has 8 heteroatoms. The number of alkyl halides is 3. The minimum absolute atomic E-state index is 0.103. The first-order valence-electron chi connectivity index (χ1n) is 4.68. The second kappa shape index (κ2) is 5.11. The van der Waals surface area contributed by atoms with E-state index >= 15 is 0 Å². The fourth-order valence-electron chi connectivity index (χ4n) is 1.25. The first-order valence-corrected chi connectivity index (χ1v) is 4.68. The van der Waals surface area contributed by atoms with Crippen LogP contribution in [0, 0.1) is 6.92 Å². The van der Waals surface area contributed by atoms with Crippen molar-refractivity contribution in [3.8, 4) is 11.6 Å². The van der Waals surface area contributed by atoms with Gasteiger partial charge < -0.3 is 14.2 Å². The van der Waals surface area contributed by atoms with Gasteiger partial charge in [-0.3, -0.25) is 0 Å². The predicted molar refractivity (Wildman–Crippen MR) is 53.5 cm³/mol. The van der Waals surface area contributed by atoms with Crippen LogP contribution >= 0.6 is 0 Å². The number of halogens is 3. The van der Waals surface area contributed by atoms with E-state index in [4.69, 9.17) is 4.74 Å². The average molecular weight is 265 g/mol. The number of hydrogen-bond acceptors (Lipinski definition) is 5. The van der Waals surface area contributed by atoms with Gasteiger partial charge in [0, 0.05) is 11.8 Å². The van der Waals surface area contributed by atoms with Crippen LogP contribution in [0.25, 0.3) is 0 Å². The molecule has 0 aliphatic heterocycles. The molecule has 0 fully saturated rings. The smallest absolute Gasteiger partial charge is 0.496 e. The Balaban J connectivity index is 3.37. The molecule has 0 saturated carbocycles. The predicted octanol–water partition coefficient (Wildman–Crippen LogP) is 2.08. The van der Waals surface area contributed by atoms with E-state index in [0.29, 0.717) is 0 Å². The molecule has 0 aliphatic carbocycles. The number of aromatic nitrogens is 1. The number of ether oxygens (including phenoxy) is 3. The quantitative estimate of drug-likeness (QED) is 0.783. The summed E-state index contributed by atoms with van der Waals surface area (Å²) in [5, 5.41) is 0. The van der Waals surface area contributed by atoms with Crippen LogP contribution in [0.15, 0.2) is 6.07 Å². The maximum Gasteiger partial charge on any atom is 0.574 e. The second-order valence-corrected chi connectivity index (χ2v) is 3.19. The summed E-state index contributed by atoms with van der Waals surface area (Å²) in [6, 6.07) is 1.30. The molecule has 5 nitrogen and oxygen atoms in total. The number of carbonyl (C=O) groups excluding carboxylic acids is 1. The highest BCUT2D eigenvalue weighted by Gasteiger charge is 2.35. The van der Waals surface area contributed by atoms with E-state index in [9.17, 15) is 18.0 Å². The van der Waals surface area contributed by atoms with E-state index in [2.05, 4.69) is 14.5 Å². The van der Waals surface area contributed by atoms with Gasteiger partial charge in [0.1, 0.15) is 5.75 Å². The van der Waals surface area contributed by atoms with Crippen molar-refractivity contribution in [2.45, 2.75) is 13.3 Å². The van der Waals surface area contributed by atoms with E-state index in [1.807, 2.05) is 0 Å². The summed E-state index contributed by atoms with van der Waals surface area (Å²) in [4.78, 5) is 14.9. The van der Waals surface area contributed by atoms with Crippen LogP contribution in [0.1, 0.15) is 16.1 Å². The molecule has 18 heavy (non-hydrogen) atoms. The van der Waals surface area contributed by atoms with Crippen molar-refractivity contribution in [3.63, 3.8) is 0 Å². The van der Waals surface area contributed by atoms with E-state index in [0.717, 1.165) is 7.11 Å². The Labute approximate surface area is 100 Å². The Morgan fingerprint density at radius 2 is 1.94 bits per heavy atom. The van der Waals surface area contributed by atoms with Crippen LogP contribution in [-0.4, -0.2) is 31.5 Å². The lowest BCUT2D eigenvalue weighted by Gasteiger charge is -2.14. The Morgan fingerprint density at radius 3 is 2.39 bits per heavy atom. The molecule has 0 spiro atoms. The molecular formula is C10H10F3NO4. The van der Waals surface area contributed by atoms with Crippen molar-refractivity contribution in [3.05, 3.63) is 17.3 Å². The van der Waals surface area contributed by atoms with Gasteiger partial charge >= 0.3 is 12.3 Å². The normalized spacial score (nSPS) is 11.0. The summed E-state index contributed by atoms with van der Waals surface area (Å²) in [6.07, 6.45) is -4.96. The number of nitrogens with zero attached hydrogens (tertiary/aromatic N) is 1. The average Bonchev–Trinajstić information content (AvgIpc) is 2.25. The van der Waals surface area contributed by atoms with Crippen molar-refractivity contribution < 1.29 is 32.2 Å². The zero-order valence-electron chi connectivity index (χ0n) is 9.79. The molecule has 0 atom stereocenters. The van der Waals surface area contributed by atoms with Crippen molar-refractivity contribution in [1.29, 1.82) is 0 Å². The molecule has 0 unspecified atom stereocenters. The number of aryl methyl sites for hydroxylation is 1.